The van der Waals surface area contributed by atoms with Crippen LogP contribution in [0, 0.1) is 12.8 Å². The maximum atomic E-state index is 13.2. The minimum Gasteiger partial charge on any atom is -0.444 e. The summed E-state index contributed by atoms with van der Waals surface area (Å²) in [5.74, 6) is 0.211. The van der Waals surface area contributed by atoms with Gasteiger partial charge in [0.25, 0.3) is 5.91 Å². The summed E-state index contributed by atoms with van der Waals surface area (Å²) in [4.78, 5) is 29.0. The predicted molar refractivity (Wildman–Crippen MR) is 123 cm³/mol. The van der Waals surface area contributed by atoms with Crippen LogP contribution in [0.4, 0.5) is 4.79 Å². The molecule has 0 saturated carbocycles. The molecule has 1 fully saturated rings. The normalized spacial score (nSPS) is 16.8. The Kier molecular flexibility index (Phi) is 7.09. The minimum absolute atomic E-state index is 0.00881. The number of likely N-dealkylation sites (tertiary alicyclic amines) is 1. The second-order valence-electron chi connectivity index (χ2n) is 9.15. The summed E-state index contributed by atoms with van der Waals surface area (Å²) < 4.78 is 8.23. The molecule has 1 aliphatic heterocycles. The number of hydrogen-bond acceptors (Lipinski definition) is 4. The van der Waals surface area contributed by atoms with Crippen molar-refractivity contribution >= 4 is 27.9 Å². The van der Waals surface area contributed by atoms with Crippen LogP contribution in [0.25, 0.3) is 5.69 Å². The highest BCUT2D eigenvalue weighted by atomic mass is 79.9. The van der Waals surface area contributed by atoms with Crippen molar-refractivity contribution in [3.8, 4) is 5.69 Å². The molecule has 0 radical (unpaired) electrons. The summed E-state index contributed by atoms with van der Waals surface area (Å²) in [7, 11) is 1.75. The molecule has 168 valence electrons. The molecule has 31 heavy (non-hydrogen) atoms. The third-order valence-corrected chi connectivity index (χ3v) is 5.88. The zero-order valence-corrected chi connectivity index (χ0v) is 20.5. The Bertz CT molecular complexity index is 933. The van der Waals surface area contributed by atoms with Crippen molar-refractivity contribution in [3.63, 3.8) is 0 Å². The molecular weight excluding hydrogens is 460 g/mol. The standard InChI is InChI=1S/C23H31BrN4O3/c1-16-20(13-25-28(16)19-10-8-18(24)9-11-19)21(29)27-12-6-7-17(15-27)14-26(5)22(30)31-23(2,3)4/h8-11,13,17H,6-7,12,14-15H2,1-5H3. The number of carbonyl (C=O) groups excluding carboxylic acids is 2. The number of aromatic nitrogens is 2. The van der Waals surface area contributed by atoms with Gasteiger partial charge < -0.3 is 14.5 Å². The monoisotopic (exact) mass is 490 g/mol. The highest BCUT2D eigenvalue weighted by Crippen LogP contribution is 2.23. The van der Waals surface area contributed by atoms with E-state index in [9.17, 15) is 9.59 Å². The fourth-order valence-electron chi connectivity index (χ4n) is 3.83. The van der Waals surface area contributed by atoms with E-state index in [1.54, 1.807) is 22.8 Å². The number of amides is 2. The molecule has 7 nitrogen and oxygen atoms in total. The summed E-state index contributed by atoms with van der Waals surface area (Å²) in [6, 6.07) is 7.83. The van der Waals surface area contributed by atoms with Gasteiger partial charge in [-0.15, -0.1) is 0 Å². The van der Waals surface area contributed by atoms with Crippen molar-refractivity contribution in [2.75, 3.05) is 26.7 Å². The SMILES string of the molecule is Cc1c(C(=O)N2CCCC(CN(C)C(=O)OC(C)(C)C)C2)cnn1-c1ccc(Br)cc1. The van der Waals surface area contributed by atoms with E-state index in [2.05, 4.69) is 21.0 Å². The molecule has 1 atom stereocenters. The van der Waals surface area contributed by atoms with Crippen LogP contribution in [0.1, 0.15) is 49.7 Å². The van der Waals surface area contributed by atoms with Gasteiger partial charge in [-0.1, -0.05) is 15.9 Å². The van der Waals surface area contributed by atoms with Gasteiger partial charge in [0.2, 0.25) is 0 Å². The van der Waals surface area contributed by atoms with Gasteiger partial charge in [0.15, 0.2) is 0 Å². The largest absolute Gasteiger partial charge is 0.444 e. The Morgan fingerprint density at radius 3 is 2.58 bits per heavy atom. The first-order valence-electron chi connectivity index (χ1n) is 10.6. The molecule has 2 aromatic rings. The Morgan fingerprint density at radius 2 is 1.94 bits per heavy atom. The van der Waals surface area contributed by atoms with Crippen LogP contribution < -0.4 is 0 Å². The van der Waals surface area contributed by atoms with Crippen LogP contribution in [-0.4, -0.2) is 63.9 Å². The van der Waals surface area contributed by atoms with Crippen molar-refractivity contribution in [1.82, 2.24) is 19.6 Å². The molecular formula is C23H31BrN4O3. The highest BCUT2D eigenvalue weighted by Gasteiger charge is 2.29. The smallest absolute Gasteiger partial charge is 0.410 e. The van der Waals surface area contributed by atoms with Gasteiger partial charge in [-0.25, -0.2) is 9.48 Å². The number of benzene rings is 1. The Balaban J connectivity index is 1.66. The van der Waals surface area contributed by atoms with Crippen molar-refractivity contribution in [2.45, 2.75) is 46.1 Å². The zero-order chi connectivity index (χ0) is 22.8. The average molecular weight is 491 g/mol. The van der Waals surface area contributed by atoms with E-state index in [4.69, 9.17) is 4.74 Å². The lowest BCUT2D eigenvalue weighted by Gasteiger charge is -2.35. The second kappa shape index (κ2) is 9.42. The lowest BCUT2D eigenvalue weighted by atomic mass is 9.97. The van der Waals surface area contributed by atoms with E-state index in [0.717, 1.165) is 28.7 Å². The minimum atomic E-state index is -0.521. The molecule has 1 aliphatic rings. The second-order valence-corrected chi connectivity index (χ2v) is 10.1. The van der Waals surface area contributed by atoms with E-state index in [1.165, 1.54) is 0 Å². The maximum absolute atomic E-state index is 13.2. The van der Waals surface area contributed by atoms with E-state index >= 15 is 0 Å². The Hall–Kier alpha value is -2.35. The summed E-state index contributed by atoms with van der Waals surface area (Å²) in [5, 5.41) is 4.44. The molecule has 0 bridgehead atoms. The van der Waals surface area contributed by atoms with E-state index in [0.29, 0.717) is 25.2 Å². The number of carbonyl (C=O) groups is 2. The molecule has 1 aromatic carbocycles. The maximum Gasteiger partial charge on any atom is 0.410 e. The number of hydrogen-bond donors (Lipinski definition) is 0. The lowest BCUT2D eigenvalue weighted by molar-refractivity contribution is 0.0244. The third-order valence-electron chi connectivity index (χ3n) is 5.35. The number of ether oxygens (including phenoxy) is 1. The molecule has 1 unspecified atom stereocenters. The van der Waals surface area contributed by atoms with Crippen LogP contribution in [0.3, 0.4) is 0 Å². The number of halogens is 1. The van der Waals surface area contributed by atoms with Crippen molar-refractivity contribution in [2.24, 2.45) is 5.92 Å². The van der Waals surface area contributed by atoms with Gasteiger partial charge in [-0.3, -0.25) is 4.79 Å². The van der Waals surface area contributed by atoms with Crippen LogP contribution in [-0.2, 0) is 4.74 Å². The van der Waals surface area contributed by atoms with E-state index in [1.807, 2.05) is 56.9 Å². The molecule has 1 aromatic heterocycles. The van der Waals surface area contributed by atoms with Gasteiger partial charge in [-0.05, 0) is 70.7 Å². The molecule has 1 saturated heterocycles. The van der Waals surface area contributed by atoms with Crippen LogP contribution in [0.15, 0.2) is 34.9 Å². The molecule has 0 N–H and O–H groups in total. The van der Waals surface area contributed by atoms with Crippen molar-refractivity contribution in [3.05, 3.63) is 46.2 Å². The molecule has 3 rings (SSSR count). The fraction of sp³-hybridized carbons (Fsp3) is 0.522. The summed E-state index contributed by atoms with van der Waals surface area (Å²) in [6.45, 7) is 9.39. The molecule has 0 aliphatic carbocycles. The van der Waals surface area contributed by atoms with Crippen LogP contribution in [0.2, 0.25) is 0 Å². The van der Waals surface area contributed by atoms with Gasteiger partial charge in [-0.2, -0.15) is 5.10 Å². The molecule has 2 amide bonds. The Morgan fingerprint density at radius 1 is 1.26 bits per heavy atom. The number of piperidine rings is 1. The predicted octanol–water partition coefficient (Wildman–Crippen LogP) is 4.66. The van der Waals surface area contributed by atoms with Crippen LogP contribution in [0.5, 0.6) is 0 Å². The van der Waals surface area contributed by atoms with Gasteiger partial charge in [0.05, 0.1) is 23.1 Å². The average Bonchev–Trinajstić information content (AvgIpc) is 3.08. The van der Waals surface area contributed by atoms with Gasteiger partial charge >= 0.3 is 6.09 Å². The number of nitrogens with zero attached hydrogens (tertiary/aromatic N) is 4. The first kappa shape index (κ1) is 23.3. The zero-order valence-electron chi connectivity index (χ0n) is 18.9. The summed E-state index contributed by atoms with van der Waals surface area (Å²) >= 11 is 3.44. The highest BCUT2D eigenvalue weighted by molar-refractivity contribution is 9.10. The van der Waals surface area contributed by atoms with Gasteiger partial charge in [0.1, 0.15) is 5.60 Å². The van der Waals surface area contributed by atoms with Crippen molar-refractivity contribution < 1.29 is 14.3 Å². The van der Waals surface area contributed by atoms with E-state index in [-0.39, 0.29) is 17.9 Å². The van der Waals surface area contributed by atoms with Crippen LogP contribution >= 0.6 is 15.9 Å². The summed E-state index contributed by atoms with van der Waals surface area (Å²) in [6.07, 6.45) is 3.21. The molecule has 0 spiro atoms. The first-order valence-corrected chi connectivity index (χ1v) is 11.4. The topological polar surface area (TPSA) is 67.7 Å². The number of rotatable bonds is 4. The lowest BCUT2D eigenvalue weighted by Crippen LogP contribution is -2.45. The van der Waals surface area contributed by atoms with E-state index < -0.39 is 5.60 Å². The molecule has 2 heterocycles. The fourth-order valence-corrected chi connectivity index (χ4v) is 4.10. The molecule has 8 heteroatoms. The third kappa shape index (κ3) is 5.87. The van der Waals surface area contributed by atoms with Crippen molar-refractivity contribution in [1.29, 1.82) is 0 Å². The Labute approximate surface area is 192 Å². The van der Waals surface area contributed by atoms with Gasteiger partial charge in [0, 0.05) is 31.2 Å². The summed E-state index contributed by atoms with van der Waals surface area (Å²) in [5.41, 5.74) is 1.83. The quantitative estimate of drug-likeness (QED) is 0.624. The first-order chi connectivity index (χ1) is 14.5.